The zero-order chi connectivity index (χ0) is 23.2. The zero-order valence-corrected chi connectivity index (χ0v) is 19.0. The summed E-state index contributed by atoms with van der Waals surface area (Å²) in [6, 6.07) is 11.1. The van der Waals surface area contributed by atoms with Crippen molar-refractivity contribution in [1.82, 2.24) is 9.80 Å². The molecule has 1 N–H and O–H groups in total. The molecule has 2 aromatic rings. The number of carbonyl (C=O) groups is 2. The van der Waals surface area contributed by atoms with E-state index in [4.69, 9.17) is 0 Å². The first kappa shape index (κ1) is 21.9. The van der Waals surface area contributed by atoms with E-state index in [-0.39, 0.29) is 17.4 Å². The van der Waals surface area contributed by atoms with Gasteiger partial charge in [0.05, 0.1) is 5.56 Å². The van der Waals surface area contributed by atoms with Crippen LogP contribution >= 0.6 is 0 Å². The van der Waals surface area contributed by atoms with Crippen LogP contribution in [0.15, 0.2) is 36.4 Å². The van der Waals surface area contributed by atoms with Crippen molar-refractivity contribution in [2.45, 2.75) is 38.2 Å². The molecule has 2 aromatic carbocycles. The molecule has 33 heavy (non-hydrogen) atoms. The molecule has 2 amide bonds. The van der Waals surface area contributed by atoms with Gasteiger partial charge < -0.3 is 19.8 Å². The van der Waals surface area contributed by atoms with Crippen LogP contribution < -0.4 is 4.90 Å². The van der Waals surface area contributed by atoms with E-state index in [1.807, 2.05) is 6.07 Å². The minimum absolute atomic E-state index is 0.0504. The van der Waals surface area contributed by atoms with E-state index in [1.54, 1.807) is 21.9 Å². The normalized spacial score (nSPS) is 19.3. The van der Waals surface area contributed by atoms with Crippen LogP contribution in [0, 0.1) is 5.82 Å². The topological polar surface area (TPSA) is 64.1 Å². The van der Waals surface area contributed by atoms with Crippen LogP contribution in [-0.4, -0.2) is 71.6 Å². The van der Waals surface area contributed by atoms with Crippen LogP contribution in [-0.2, 0) is 11.2 Å². The minimum atomic E-state index is -1.19. The number of halogens is 1. The Bertz CT molecular complexity index is 1090. The lowest BCUT2D eigenvalue weighted by Gasteiger charge is -2.35. The quantitative estimate of drug-likeness (QED) is 0.776. The second-order valence-corrected chi connectivity index (χ2v) is 9.34. The van der Waals surface area contributed by atoms with Crippen molar-refractivity contribution in [3.63, 3.8) is 0 Å². The van der Waals surface area contributed by atoms with Crippen LogP contribution in [0.25, 0.3) is 11.1 Å². The maximum Gasteiger partial charge on any atom is 0.256 e. The van der Waals surface area contributed by atoms with Gasteiger partial charge >= 0.3 is 0 Å². The molecule has 0 spiro atoms. The Morgan fingerprint density at radius 1 is 0.970 bits per heavy atom. The Morgan fingerprint density at radius 2 is 1.64 bits per heavy atom. The van der Waals surface area contributed by atoms with Gasteiger partial charge in [0, 0.05) is 45.0 Å². The predicted molar refractivity (Wildman–Crippen MR) is 125 cm³/mol. The third kappa shape index (κ3) is 4.10. The van der Waals surface area contributed by atoms with E-state index in [0.717, 1.165) is 37.1 Å². The summed E-state index contributed by atoms with van der Waals surface area (Å²) >= 11 is 0. The molecule has 0 atom stereocenters. The van der Waals surface area contributed by atoms with Gasteiger partial charge in [0.15, 0.2) is 0 Å². The van der Waals surface area contributed by atoms with Crippen molar-refractivity contribution in [2.75, 3.05) is 44.2 Å². The summed E-state index contributed by atoms with van der Waals surface area (Å²) in [5.41, 5.74) is 3.10. The summed E-state index contributed by atoms with van der Waals surface area (Å²) in [7, 11) is 0. The highest BCUT2D eigenvalue weighted by Gasteiger charge is 2.50. The fraction of sp³-hybridized carbons (Fsp3) is 0.462. The Kier molecular flexibility index (Phi) is 5.60. The van der Waals surface area contributed by atoms with E-state index in [9.17, 15) is 14.7 Å². The van der Waals surface area contributed by atoms with Gasteiger partial charge in [0.1, 0.15) is 11.4 Å². The molecule has 1 saturated heterocycles. The fourth-order valence-corrected chi connectivity index (χ4v) is 4.96. The molecular formula is C26H30FN3O3. The van der Waals surface area contributed by atoms with Crippen LogP contribution in [0.2, 0.25) is 0 Å². The number of aliphatic hydroxyl groups is 1. The highest BCUT2D eigenvalue weighted by Crippen LogP contribution is 2.37. The number of nitrogens with zero attached hydrogens (tertiary/aromatic N) is 3. The van der Waals surface area contributed by atoms with Gasteiger partial charge in [-0.1, -0.05) is 12.1 Å². The van der Waals surface area contributed by atoms with Crippen LogP contribution in [0.3, 0.4) is 0 Å². The zero-order valence-electron chi connectivity index (χ0n) is 19.0. The molecule has 7 heteroatoms. The van der Waals surface area contributed by atoms with Crippen LogP contribution in [0.4, 0.5) is 10.1 Å². The maximum absolute atomic E-state index is 15.0. The highest BCUT2D eigenvalue weighted by atomic mass is 19.1. The molecule has 1 aliphatic carbocycles. The number of rotatable bonds is 4. The van der Waals surface area contributed by atoms with E-state index in [0.29, 0.717) is 39.0 Å². The number of carbonyl (C=O) groups excluding carboxylic acids is 2. The summed E-state index contributed by atoms with van der Waals surface area (Å²) in [5.74, 6) is -1.14. The van der Waals surface area contributed by atoms with Gasteiger partial charge in [-0.15, -0.1) is 0 Å². The smallest absolute Gasteiger partial charge is 0.256 e. The minimum Gasteiger partial charge on any atom is -0.380 e. The average molecular weight is 452 g/mol. The molecule has 174 valence electrons. The molecule has 3 aliphatic rings. The SMILES string of the molecule is CCN1CCCc2cc(-c3ccc(C(=O)N4CCN(C(=O)C5(O)CC5)CC4)c(F)c3)ccc21. The molecule has 0 unspecified atom stereocenters. The molecule has 0 radical (unpaired) electrons. The Hall–Kier alpha value is -2.93. The molecule has 1 saturated carbocycles. The van der Waals surface area contributed by atoms with Crippen molar-refractivity contribution >= 4 is 17.5 Å². The first-order valence-corrected chi connectivity index (χ1v) is 11.9. The average Bonchev–Trinajstić information content (AvgIpc) is 3.60. The molecular weight excluding hydrogens is 421 g/mol. The highest BCUT2D eigenvalue weighted by molar-refractivity contribution is 5.95. The molecule has 6 nitrogen and oxygen atoms in total. The van der Waals surface area contributed by atoms with Gasteiger partial charge in [-0.05, 0) is 73.6 Å². The Balaban J connectivity index is 1.28. The summed E-state index contributed by atoms with van der Waals surface area (Å²) in [6.45, 7) is 5.58. The Labute approximate surface area is 193 Å². The van der Waals surface area contributed by atoms with Gasteiger partial charge in [0.25, 0.3) is 11.8 Å². The van der Waals surface area contributed by atoms with Crippen LogP contribution in [0.5, 0.6) is 0 Å². The van der Waals surface area contributed by atoms with E-state index >= 15 is 4.39 Å². The number of anilines is 1. The predicted octanol–water partition coefficient (Wildman–Crippen LogP) is 3.07. The first-order valence-electron chi connectivity index (χ1n) is 11.9. The van der Waals surface area contributed by atoms with Crippen molar-refractivity contribution in [3.05, 3.63) is 53.3 Å². The van der Waals surface area contributed by atoms with Crippen molar-refractivity contribution in [2.24, 2.45) is 0 Å². The number of piperazine rings is 1. The molecule has 5 rings (SSSR count). The third-order valence-corrected chi connectivity index (χ3v) is 7.18. The lowest BCUT2D eigenvalue weighted by molar-refractivity contribution is -0.143. The summed E-state index contributed by atoms with van der Waals surface area (Å²) in [5, 5.41) is 10.0. The molecule has 0 aromatic heterocycles. The second kappa shape index (κ2) is 8.45. The maximum atomic E-state index is 15.0. The number of fused-ring (bicyclic) bond motifs is 1. The summed E-state index contributed by atoms with van der Waals surface area (Å²) in [4.78, 5) is 30.8. The van der Waals surface area contributed by atoms with Gasteiger partial charge in [-0.2, -0.15) is 0 Å². The number of hydrogen-bond donors (Lipinski definition) is 1. The van der Waals surface area contributed by atoms with E-state index in [2.05, 4.69) is 24.0 Å². The molecule has 2 heterocycles. The second-order valence-electron chi connectivity index (χ2n) is 9.34. The first-order chi connectivity index (χ1) is 15.9. The monoisotopic (exact) mass is 451 g/mol. The Morgan fingerprint density at radius 3 is 2.30 bits per heavy atom. The third-order valence-electron chi connectivity index (χ3n) is 7.18. The molecule has 2 fully saturated rings. The molecule has 2 aliphatic heterocycles. The van der Waals surface area contributed by atoms with Gasteiger partial charge in [0.2, 0.25) is 0 Å². The van der Waals surface area contributed by atoms with Gasteiger partial charge in [-0.25, -0.2) is 4.39 Å². The largest absolute Gasteiger partial charge is 0.380 e. The van der Waals surface area contributed by atoms with Crippen LogP contribution in [0.1, 0.15) is 42.1 Å². The number of benzene rings is 2. The lowest BCUT2D eigenvalue weighted by Crippen LogP contribution is -2.53. The van der Waals surface area contributed by atoms with Crippen molar-refractivity contribution in [3.8, 4) is 11.1 Å². The van der Waals surface area contributed by atoms with Gasteiger partial charge in [-0.3, -0.25) is 9.59 Å². The van der Waals surface area contributed by atoms with E-state index < -0.39 is 11.4 Å². The summed E-state index contributed by atoms with van der Waals surface area (Å²) < 4.78 is 15.0. The standard InChI is InChI=1S/C26H30FN3O3/c1-2-28-11-3-4-20-16-18(6-8-23(20)28)19-5-7-21(22(27)17-19)24(31)29-12-14-30(15-13-29)25(32)26(33)9-10-26/h5-8,16-17,33H,2-4,9-15H2,1H3. The van der Waals surface area contributed by atoms with Crippen molar-refractivity contribution in [1.29, 1.82) is 0 Å². The molecule has 0 bridgehead atoms. The number of hydrogen-bond acceptors (Lipinski definition) is 4. The summed E-state index contributed by atoms with van der Waals surface area (Å²) in [6.07, 6.45) is 3.14. The van der Waals surface area contributed by atoms with E-state index in [1.165, 1.54) is 17.3 Å². The number of aryl methyl sites for hydroxylation is 1. The number of amides is 2. The van der Waals surface area contributed by atoms with Crippen molar-refractivity contribution < 1.29 is 19.1 Å². The fourth-order valence-electron chi connectivity index (χ4n) is 4.96. The lowest BCUT2D eigenvalue weighted by atomic mass is 9.95.